The molecule has 0 fully saturated rings. The Morgan fingerprint density at radius 2 is 1.68 bits per heavy atom. The summed E-state index contributed by atoms with van der Waals surface area (Å²) < 4.78 is 0. The second kappa shape index (κ2) is 11.7. The minimum atomic E-state index is -0.260. The number of benzene rings is 3. The maximum absolute atomic E-state index is 13.2. The van der Waals surface area contributed by atoms with Gasteiger partial charge in [0.25, 0.3) is 17.7 Å². The number of fused-ring (bicyclic) bond motifs is 1. The van der Waals surface area contributed by atoms with Gasteiger partial charge in [-0.15, -0.1) is 0 Å². The Morgan fingerprint density at radius 1 is 0.927 bits per heavy atom. The van der Waals surface area contributed by atoms with Gasteiger partial charge < -0.3 is 20.9 Å². The Hall–Kier alpha value is -4.91. The molecule has 0 aliphatic carbocycles. The fraction of sp³-hybridized carbons (Fsp3) is 0.206. The lowest BCUT2D eigenvalue weighted by molar-refractivity contribution is -0.110. The highest BCUT2D eigenvalue weighted by Gasteiger charge is 2.27. The van der Waals surface area contributed by atoms with Gasteiger partial charge in [-0.05, 0) is 73.7 Å². The Morgan fingerprint density at radius 3 is 2.44 bits per heavy atom. The molecule has 3 amide bonds. The average molecular weight is 547 g/mol. The maximum Gasteiger partial charge on any atom is 0.256 e. The molecule has 3 aromatic carbocycles. The predicted octanol–water partition coefficient (Wildman–Crippen LogP) is 6.11. The number of aromatic nitrogens is 1. The van der Waals surface area contributed by atoms with Gasteiger partial charge in [0.15, 0.2) is 0 Å². The van der Waals surface area contributed by atoms with E-state index in [9.17, 15) is 14.4 Å². The molecule has 1 aromatic heterocycles. The predicted molar refractivity (Wildman–Crippen MR) is 163 cm³/mol. The van der Waals surface area contributed by atoms with Crippen molar-refractivity contribution in [3.8, 4) is 0 Å². The van der Waals surface area contributed by atoms with Crippen LogP contribution in [0.5, 0.6) is 0 Å². The molecule has 7 heteroatoms. The van der Waals surface area contributed by atoms with E-state index in [1.807, 2.05) is 63.2 Å². The Balaban J connectivity index is 1.37. The number of H-pyrrole nitrogens is 1. The van der Waals surface area contributed by atoms with Crippen LogP contribution in [0.25, 0.3) is 11.6 Å². The van der Waals surface area contributed by atoms with Crippen LogP contribution in [0.4, 0.5) is 5.69 Å². The molecule has 4 N–H and O–H groups in total. The summed E-state index contributed by atoms with van der Waals surface area (Å²) in [6, 6.07) is 22.9. The van der Waals surface area contributed by atoms with Crippen molar-refractivity contribution in [2.24, 2.45) is 0 Å². The van der Waals surface area contributed by atoms with Crippen LogP contribution in [0.15, 0.2) is 72.8 Å². The second-order valence-corrected chi connectivity index (χ2v) is 10.4. The first-order valence-corrected chi connectivity index (χ1v) is 13.8. The Labute approximate surface area is 240 Å². The molecule has 0 saturated carbocycles. The largest absolute Gasteiger partial charge is 0.358 e. The number of aryl methyl sites for hydroxylation is 2. The molecule has 0 saturated heterocycles. The molecular weight excluding hydrogens is 512 g/mol. The summed E-state index contributed by atoms with van der Waals surface area (Å²) in [5.74, 6) is -0.660. The van der Waals surface area contributed by atoms with Gasteiger partial charge in [0.2, 0.25) is 0 Å². The first kappa shape index (κ1) is 27.6. The molecule has 1 aliphatic heterocycles. The molecule has 1 atom stereocenters. The molecule has 2 heterocycles. The van der Waals surface area contributed by atoms with Crippen molar-refractivity contribution in [3.63, 3.8) is 0 Å². The van der Waals surface area contributed by atoms with Crippen molar-refractivity contribution in [1.29, 1.82) is 0 Å². The lowest BCUT2D eigenvalue weighted by atomic mass is 10.0. The third kappa shape index (κ3) is 5.84. The highest BCUT2D eigenvalue weighted by atomic mass is 16.2. The minimum Gasteiger partial charge on any atom is -0.358 e. The first-order valence-electron chi connectivity index (χ1n) is 13.8. The summed E-state index contributed by atoms with van der Waals surface area (Å²) in [6.07, 6.45) is 2.69. The summed E-state index contributed by atoms with van der Waals surface area (Å²) in [6.45, 7) is 8.18. The molecule has 0 radical (unpaired) electrons. The number of hydrogen-bond acceptors (Lipinski definition) is 3. The van der Waals surface area contributed by atoms with Gasteiger partial charge in [-0.25, -0.2) is 0 Å². The third-order valence-corrected chi connectivity index (χ3v) is 7.56. The van der Waals surface area contributed by atoms with E-state index in [0.717, 1.165) is 28.8 Å². The van der Waals surface area contributed by atoms with Crippen LogP contribution in [0.2, 0.25) is 0 Å². The number of nitrogens with one attached hydrogen (secondary N) is 4. The molecular formula is C34H34N4O3. The molecule has 0 spiro atoms. The summed E-state index contributed by atoms with van der Waals surface area (Å²) in [7, 11) is 0. The Bertz CT molecular complexity index is 1670. The summed E-state index contributed by atoms with van der Waals surface area (Å²) >= 11 is 0. The van der Waals surface area contributed by atoms with Gasteiger partial charge >= 0.3 is 0 Å². The lowest BCUT2D eigenvalue weighted by Gasteiger charge is -2.14. The van der Waals surface area contributed by atoms with Crippen LogP contribution < -0.4 is 16.0 Å². The number of rotatable bonds is 8. The van der Waals surface area contributed by atoms with Crippen LogP contribution in [0, 0.1) is 13.8 Å². The Kier molecular flexibility index (Phi) is 7.88. The van der Waals surface area contributed by atoms with E-state index in [1.165, 1.54) is 5.56 Å². The zero-order chi connectivity index (χ0) is 29.1. The van der Waals surface area contributed by atoms with Crippen molar-refractivity contribution < 1.29 is 14.4 Å². The number of carbonyl (C=O) groups excluding carboxylic acids is 3. The monoisotopic (exact) mass is 546 g/mol. The SMILES string of the molecule is CCc1cccc(CNC(=O)c2c(C)[nH]c(/C=C3\C(=O)Nc4ccc(C(=O)N[C@H](C)c5ccccc5)cc43)c2C)c1. The van der Waals surface area contributed by atoms with Crippen LogP contribution in [0.3, 0.4) is 0 Å². The third-order valence-electron chi connectivity index (χ3n) is 7.56. The average Bonchev–Trinajstić information content (AvgIpc) is 3.45. The zero-order valence-electron chi connectivity index (χ0n) is 23.7. The molecule has 1 aliphatic rings. The lowest BCUT2D eigenvalue weighted by Crippen LogP contribution is -2.26. The van der Waals surface area contributed by atoms with Gasteiger partial charge in [0.1, 0.15) is 0 Å². The van der Waals surface area contributed by atoms with Crippen molar-refractivity contribution >= 4 is 35.1 Å². The van der Waals surface area contributed by atoms with Gasteiger partial charge in [-0.2, -0.15) is 0 Å². The van der Waals surface area contributed by atoms with E-state index in [4.69, 9.17) is 0 Å². The highest BCUT2D eigenvalue weighted by molar-refractivity contribution is 6.35. The number of carbonyl (C=O) groups is 3. The summed E-state index contributed by atoms with van der Waals surface area (Å²) in [5, 5.41) is 8.93. The molecule has 0 unspecified atom stereocenters. The van der Waals surface area contributed by atoms with Gasteiger partial charge in [0, 0.05) is 34.7 Å². The zero-order valence-corrected chi connectivity index (χ0v) is 23.7. The number of hydrogen-bond donors (Lipinski definition) is 4. The van der Waals surface area contributed by atoms with Crippen molar-refractivity contribution in [1.82, 2.24) is 15.6 Å². The van der Waals surface area contributed by atoms with E-state index < -0.39 is 0 Å². The standard InChI is InChI=1S/C34H34N4O3/c1-5-23-10-9-11-24(16-23)19-35-34(41)31-20(2)30(36-22(31)4)18-28-27-17-26(14-15-29(27)38-33(28)40)32(39)37-21(3)25-12-7-6-8-13-25/h6-18,21,36H,5,19H2,1-4H3,(H,35,41)(H,37,39)(H,38,40)/b28-18-/t21-/m1/s1. The van der Waals surface area contributed by atoms with E-state index in [1.54, 1.807) is 24.3 Å². The molecule has 7 nitrogen and oxygen atoms in total. The number of aromatic amines is 1. The summed E-state index contributed by atoms with van der Waals surface area (Å²) in [5.41, 5.74) is 8.15. The topological polar surface area (TPSA) is 103 Å². The highest BCUT2D eigenvalue weighted by Crippen LogP contribution is 2.35. The van der Waals surface area contributed by atoms with Crippen LogP contribution in [-0.4, -0.2) is 22.7 Å². The fourth-order valence-electron chi connectivity index (χ4n) is 5.21. The smallest absolute Gasteiger partial charge is 0.256 e. The van der Waals surface area contributed by atoms with E-state index in [0.29, 0.717) is 40.2 Å². The number of anilines is 1. The van der Waals surface area contributed by atoms with Crippen LogP contribution in [-0.2, 0) is 17.8 Å². The van der Waals surface area contributed by atoms with Gasteiger partial charge in [-0.1, -0.05) is 61.5 Å². The van der Waals surface area contributed by atoms with E-state index in [-0.39, 0.29) is 23.8 Å². The van der Waals surface area contributed by atoms with Crippen molar-refractivity contribution in [2.75, 3.05) is 5.32 Å². The van der Waals surface area contributed by atoms with Crippen molar-refractivity contribution in [2.45, 2.75) is 46.7 Å². The van der Waals surface area contributed by atoms with Crippen LogP contribution >= 0.6 is 0 Å². The van der Waals surface area contributed by atoms with Crippen molar-refractivity contribution in [3.05, 3.63) is 123 Å². The summed E-state index contributed by atoms with van der Waals surface area (Å²) in [4.78, 5) is 42.5. The molecule has 0 bridgehead atoms. The van der Waals surface area contributed by atoms with Crippen LogP contribution in [0.1, 0.15) is 79.8 Å². The molecule has 208 valence electrons. The fourth-order valence-corrected chi connectivity index (χ4v) is 5.21. The maximum atomic E-state index is 13.2. The molecule has 4 aromatic rings. The van der Waals surface area contributed by atoms with E-state index >= 15 is 0 Å². The number of amides is 3. The minimum absolute atomic E-state index is 0.170. The quantitative estimate of drug-likeness (QED) is 0.201. The first-order chi connectivity index (χ1) is 19.7. The van der Waals surface area contributed by atoms with Gasteiger partial charge in [-0.3, -0.25) is 14.4 Å². The normalized spacial score (nSPS) is 14.0. The second-order valence-electron chi connectivity index (χ2n) is 10.4. The molecule has 41 heavy (non-hydrogen) atoms. The molecule has 5 rings (SSSR count). The van der Waals surface area contributed by atoms with E-state index in [2.05, 4.69) is 40.0 Å². The van der Waals surface area contributed by atoms with Gasteiger partial charge in [0.05, 0.1) is 17.2 Å².